The van der Waals surface area contributed by atoms with Crippen LogP contribution < -0.4 is 0 Å². The Kier molecular flexibility index (Phi) is 5.00. The van der Waals surface area contributed by atoms with E-state index in [0.717, 1.165) is 23.6 Å². The molecule has 0 aliphatic rings. The third kappa shape index (κ3) is 4.07. The van der Waals surface area contributed by atoms with Crippen LogP contribution in [0.2, 0.25) is 0 Å². The van der Waals surface area contributed by atoms with Crippen LogP contribution >= 0.6 is 0 Å². The van der Waals surface area contributed by atoms with Gasteiger partial charge >= 0.3 is 5.97 Å². The molecule has 2 nitrogen and oxygen atoms in total. The lowest BCUT2D eigenvalue weighted by molar-refractivity contribution is -0.00523. The van der Waals surface area contributed by atoms with Crippen molar-refractivity contribution in [3.63, 3.8) is 0 Å². The Labute approximate surface area is 127 Å². The van der Waals surface area contributed by atoms with Crippen molar-refractivity contribution in [1.82, 2.24) is 0 Å². The van der Waals surface area contributed by atoms with Crippen LogP contribution in [0, 0.1) is 0 Å². The predicted octanol–water partition coefficient (Wildman–Crippen LogP) is 5.36. The van der Waals surface area contributed by atoms with Crippen LogP contribution in [0.4, 0.5) is 0 Å². The van der Waals surface area contributed by atoms with Crippen LogP contribution in [-0.4, -0.2) is 11.6 Å². The highest BCUT2D eigenvalue weighted by atomic mass is 16.6. The van der Waals surface area contributed by atoms with Gasteiger partial charge in [0.05, 0.1) is 5.56 Å². The number of hydrogen-bond acceptors (Lipinski definition) is 2. The summed E-state index contributed by atoms with van der Waals surface area (Å²) in [6, 6.07) is 13.7. The lowest BCUT2D eigenvalue weighted by Gasteiger charge is -2.25. The molecule has 0 spiro atoms. The van der Waals surface area contributed by atoms with E-state index < -0.39 is 5.60 Å². The Hall–Kier alpha value is -1.83. The molecule has 2 aromatic rings. The molecule has 0 heterocycles. The number of ether oxygens (including phenoxy) is 1. The standard InChI is InChI=1S/C19H24O2/c1-4-5-8-14-19(2,3)21-18(20)17-13-9-11-15-10-6-7-12-16(15)17/h6-7,9-13H,4-5,8,14H2,1-3H3. The van der Waals surface area contributed by atoms with E-state index in [9.17, 15) is 4.79 Å². The van der Waals surface area contributed by atoms with Crippen molar-refractivity contribution in [3.05, 3.63) is 48.0 Å². The number of benzene rings is 2. The molecule has 112 valence electrons. The molecule has 0 amide bonds. The number of hydrogen-bond donors (Lipinski definition) is 0. The Morgan fingerprint density at radius 2 is 1.76 bits per heavy atom. The fraction of sp³-hybridized carbons (Fsp3) is 0.421. The van der Waals surface area contributed by atoms with E-state index in [4.69, 9.17) is 4.74 Å². The van der Waals surface area contributed by atoms with Gasteiger partial charge in [-0.15, -0.1) is 0 Å². The maximum Gasteiger partial charge on any atom is 0.339 e. The average molecular weight is 284 g/mol. The molecule has 21 heavy (non-hydrogen) atoms. The Morgan fingerprint density at radius 1 is 1.05 bits per heavy atom. The van der Waals surface area contributed by atoms with Crippen LogP contribution in [0.1, 0.15) is 56.8 Å². The van der Waals surface area contributed by atoms with E-state index >= 15 is 0 Å². The smallest absolute Gasteiger partial charge is 0.339 e. The largest absolute Gasteiger partial charge is 0.456 e. The molecule has 0 saturated heterocycles. The fourth-order valence-electron chi connectivity index (χ4n) is 2.56. The molecule has 0 aliphatic heterocycles. The molecule has 0 N–H and O–H groups in total. The summed E-state index contributed by atoms with van der Waals surface area (Å²) in [5, 5.41) is 2.02. The number of unbranched alkanes of at least 4 members (excludes halogenated alkanes) is 2. The van der Waals surface area contributed by atoms with Gasteiger partial charge in [0.2, 0.25) is 0 Å². The van der Waals surface area contributed by atoms with E-state index in [1.807, 2.05) is 56.3 Å². The number of fused-ring (bicyclic) bond motifs is 1. The molecular formula is C19H24O2. The monoisotopic (exact) mass is 284 g/mol. The maximum atomic E-state index is 12.5. The molecule has 2 aromatic carbocycles. The summed E-state index contributed by atoms with van der Waals surface area (Å²) in [7, 11) is 0. The molecule has 0 unspecified atom stereocenters. The third-order valence-electron chi connectivity index (χ3n) is 3.76. The molecule has 0 aliphatic carbocycles. The van der Waals surface area contributed by atoms with Crippen molar-refractivity contribution >= 4 is 16.7 Å². The van der Waals surface area contributed by atoms with Gasteiger partial charge in [0.1, 0.15) is 5.60 Å². The number of carbonyl (C=O) groups is 1. The number of esters is 1. The minimum absolute atomic E-state index is 0.228. The second kappa shape index (κ2) is 6.75. The lowest BCUT2D eigenvalue weighted by Crippen LogP contribution is -2.28. The minimum Gasteiger partial charge on any atom is -0.456 e. The van der Waals surface area contributed by atoms with Gasteiger partial charge in [0, 0.05) is 0 Å². The topological polar surface area (TPSA) is 26.3 Å². The van der Waals surface area contributed by atoms with Crippen LogP contribution in [-0.2, 0) is 4.74 Å². The van der Waals surface area contributed by atoms with Crippen molar-refractivity contribution in [2.45, 2.75) is 52.1 Å². The van der Waals surface area contributed by atoms with E-state index in [2.05, 4.69) is 6.92 Å². The van der Waals surface area contributed by atoms with Crippen LogP contribution in [0.15, 0.2) is 42.5 Å². The van der Waals surface area contributed by atoms with Crippen molar-refractivity contribution in [1.29, 1.82) is 0 Å². The first-order valence-corrected chi connectivity index (χ1v) is 7.74. The summed E-state index contributed by atoms with van der Waals surface area (Å²) in [6.07, 6.45) is 4.34. The highest BCUT2D eigenvalue weighted by molar-refractivity contribution is 6.04. The Bertz CT molecular complexity index is 608. The predicted molar refractivity (Wildman–Crippen MR) is 87.6 cm³/mol. The van der Waals surface area contributed by atoms with Crippen LogP contribution in [0.25, 0.3) is 10.8 Å². The molecule has 2 heteroatoms. The van der Waals surface area contributed by atoms with Crippen molar-refractivity contribution in [2.75, 3.05) is 0 Å². The van der Waals surface area contributed by atoms with Gasteiger partial charge in [-0.25, -0.2) is 4.79 Å². The molecule has 0 aromatic heterocycles. The Morgan fingerprint density at radius 3 is 2.52 bits per heavy atom. The zero-order valence-electron chi connectivity index (χ0n) is 13.2. The second-order valence-corrected chi connectivity index (χ2v) is 6.13. The summed E-state index contributed by atoms with van der Waals surface area (Å²) in [5.41, 5.74) is 0.236. The highest BCUT2D eigenvalue weighted by Crippen LogP contribution is 2.24. The van der Waals surface area contributed by atoms with Crippen molar-refractivity contribution < 1.29 is 9.53 Å². The molecule has 0 bridgehead atoms. The van der Waals surface area contributed by atoms with Gasteiger partial charge in [0.25, 0.3) is 0 Å². The van der Waals surface area contributed by atoms with Gasteiger partial charge in [-0.05, 0) is 43.5 Å². The quantitative estimate of drug-likeness (QED) is 0.527. The van der Waals surface area contributed by atoms with Gasteiger partial charge in [-0.2, -0.15) is 0 Å². The first-order chi connectivity index (χ1) is 10.0. The van der Waals surface area contributed by atoms with Gasteiger partial charge in [0.15, 0.2) is 0 Å². The van der Waals surface area contributed by atoms with Crippen LogP contribution in [0.5, 0.6) is 0 Å². The maximum absolute atomic E-state index is 12.5. The number of carbonyl (C=O) groups excluding carboxylic acids is 1. The van der Waals surface area contributed by atoms with E-state index in [1.165, 1.54) is 12.8 Å². The van der Waals surface area contributed by atoms with Crippen molar-refractivity contribution in [3.8, 4) is 0 Å². The minimum atomic E-state index is -0.413. The Balaban J connectivity index is 2.15. The SMILES string of the molecule is CCCCCC(C)(C)OC(=O)c1cccc2ccccc12. The molecule has 0 radical (unpaired) electrons. The first kappa shape index (κ1) is 15.6. The lowest BCUT2D eigenvalue weighted by atomic mass is 10.00. The molecule has 2 rings (SSSR count). The molecule has 0 fully saturated rings. The zero-order valence-corrected chi connectivity index (χ0v) is 13.2. The fourth-order valence-corrected chi connectivity index (χ4v) is 2.56. The summed E-state index contributed by atoms with van der Waals surface area (Å²) in [6.45, 7) is 6.16. The summed E-state index contributed by atoms with van der Waals surface area (Å²) in [4.78, 5) is 12.5. The van der Waals surface area contributed by atoms with Crippen LogP contribution in [0.3, 0.4) is 0 Å². The summed E-state index contributed by atoms with van der Waals surface area (Å²) >= 11 is 0. The number of rotatable bonds is 6. The van der Waals surface area contributed by atoms with Crippen molar-refractivity contribution in [2.24, 2.45) is 0 Å². The van der Waals surface area contributed by atoms with Gasteiger partial charge < -0.3 is 4.74 Å². The van der Waals surface area contributed by atoms with Gasteiger partial charge in [-0.3, -0.25) is 0 Å². The van der Waals surface area contributed by atoms with E-state index in [0.29, 0.717) is 5.56 Å². The average Bonchev–Trinajstić information content (AvgIpc) is 2.46. The second-order valence-electron chi connectivity index (χ2n) is 6.13. The summed E-state index contributed by atoms with van der Waals surface area (Å²) in [5.74, 6) is -0.228. The van der Waals surface area contributed by atoms with E-state index in [-0.39, 0.29) is 5.97 Å². The highest BCUT2D eigenvalue weighted by Gasteiger charge is 2.24. The third-order valence-corrected chi connectivity index (χ3v) is 3.76. The van der Waals surface area contributed by atoms with E-state index in [1.54, 1.807) is 0 Å². The molecular weight excluding hydrogens is 260 g/mol. The zero-order chi connectivity index (χ0) is 15.3. The van der Waals surface area contributed by atoms with Gasteiger partial charge in [-0.1, -0.05) is 56.2 Å². The normalized spacial score (nSPS) is 11.6. The first-order valence-electron chi connectivity index (χ1n) is 7.74. The summed E-state index contributed by atoms with van der Waals surface area (Å²) < 4.78 is 5.74. The molecule has 0 saturated carbocycles. The molecule has 0 atom stereocenters.